The number of rotatable bonds is 1. The predicted octanol–water partition coefficient (Wildman–Crippen LogP) is 1.60. The number of nitrogens with two attached hydrogens (primary N) is 1. The standard InChI is InChI=1S/C12H22N2/c13-12-6-1-3-9-7-14(8-11(9)12)10-4-2-5-10/h9-12H,1-8,13H2. The average Bonchev–Trinajstić information content (AvgIpc) is 2.46. The van der Waals surface area contributed by atoms with Crippen LogP contribution in [-0.4, -0.2) is 30.1 Å². The third-order valence-electron chi connectivity index (χ3n) is 4.77. The van der Waals surface area contributed by atoms with Crippen molar-refractivity contribution >= 4 is 0 Å². The van der Waals surface area contributed by atoms with Crippen LogP contribution < -0.4 is 5.73 Å². The molecule has 3 atom stereocenters. The number of fused-ring (bicyclic) bond motifs is 1. The van der Waals surface area contributed by atoms with Gasteiger partial charge in [0, 0.05) is 25.2 Å². The summed E-state index contributed by atoms with van der Waals surface area (Å²) in [6.45, 7) is 2.68. The lowest BCUT2D eigenvalue weighted by atomic mass is 9.78. The van der Waals surface area contributed by atoms with Crippen molar-refractivity contribution < 1.29 is 0 Å². The van der Waals surface area contributed by atoms with Crippen LogP contribution in [0.2, 0.25) is 0 Å². The van der Waals surface area contributed by atoms with Gasteiger partial charge in [-0.05, 0) is 37.5 Å². The van der Waals surface area contributed by atoms with E-state index in [1.54, 1.807) is 0 Å². The highest BCUT2D eigenvalue weighted by atomic mass is 15.2. The zero-order valence-electron chi connectivity index (χ0n) is 8.99. The molecule has 0 aromatic carbocycles. The molecule has 1 aliphatic heterocycles. The van der Waals surface area contributed by atoms with Gasteiger partial charge >= 0.3 is 0 Å². The smallest absolute Gasteiger partial charge is 0.00955 e. The minimum absolute atomic E-state index is 0.513. The van der Waals surface area contributed by atoms with Crippen molar-refractivity contribution in [3.63, 3.8) is 0 Å². The van der Waals surface area contributed by atoms with Gasteiger partial charge in [0.1, 0.15) is 0 Å². The van der Waals surface area contributed by atoms with E-state index in [2.05, 4.69) is 4.90 Å². The Hall–Kier alpha value is -0.0800. The van der Waals surface area contributed by atoms with Gasteiger partial charge in [0.25, 0.3) is 0 Å². The highest BCUT2D eigenvalue weighted by Gasteiger charge is 2.41. The summed E-state index contributed by atoms with van der Waals surface area (Å²) in [7, 11) is 0. The van der Waals surface area contributed by atoms with Crippen LogP contribution >= 0.6 is 0 Å². The summed E-state index contributed by atoms with van der Waals surface area (Å²) in [5.41, 5.74) is 6.22. The Kier molecular flexibility index (Phi) is 2.29. The topological polar surface area (TPSA) is 29.3 Å². The van der Waals surface area contributed by atoms with Crippen LogP contribution in [0.4, 0.5) is 0 Å². The van der Waals surface area contributed by atoms with Crippen molar-refractivity contribution in [2.75, 3.05) is 13.1 Å². The summed E-state index contributed by atoms with van der Waals surface area (Å²) in [6.07, 6.45) is 8.47. The number of nitrogens with zero attached hydrogens (tertiary/aromatic N) is 1. The van der Waals surface area contributed by atoms with Crippen LogP contribution in [0.1, 0.15) is 38.5 Å². The van der Waals surface area contributed by atoms with Gasteiger partial charge in [-0.25, -0.2) is 0 Å². The highest BCUT2D eigenvalue weighted by Crippen LogP contribution is 2.39. The van der Waals surface area contributed by atoms with Crippen LogP contribution in [-0.2, 0) is 0 Å². The second kappa shape index (κ2) is 3.49. The van der Waals surface area contributed by atoms with Crippen molar-refractivity contribution in [3.8, 4) is 0 Å². The molecular formula is C12H22N2. The second-order valence-electron chi connectivity index (χ2n) is 5.56. The summed E-state index contributed by atoms with van der Waals surface area (Å²) >= 11 is 0. The molecule has 3 rings (SSSR count). The summed E-state index contributed by atoms with van der Waals surface area (Å²) in [5.74, 6) is 1.78. The average molecular weight is 194 g/mol. The van der Waals surface area contributed by atoms with Crippen LogP contribution in [0.3, 0.4) is 0 Å². The summed E-state index contributed by atoms with van der Waals surface area (Å²) in [5, 5.41) is 0. The van der Waals surface area contributed by atoms with Crippen LogP contribution in [0.15, 0.2) is 0 Å². The van der Waals surface area contributed by atoms with E-state index in [9.17, 15) is 0 Å². The summed E-state index contributed by atoms with van der Waals surface area (Å²) in [4.78, 5) is 2.74. The van der Waals surface area contributed by atoms with E-state index >= 15 is 0 Å². The van der Waals surface area contributed by atoms with Gasteiger partial charge in [0.2, 0.25) is 0 Å². The van der Waals surface area contributed by atoms with E-state index in [0.717, 1.165) is 17.9 Å². The van der Waals surface area contributed by atoms with Gasteiger partial charge < -0.3 is 5.73 Å². The first-order valence-electron chi connectivity index (χ1n) is 6.34. The monoisotopic (exact) mass is 194 g/mol. The summed E-state index contributed by atoms with van der Waals surface area (Å²) in [6, 6.07) is 1.45. The first-order valence-corrected chi connectivity index (χ1v) is 6.34. The highest BCUT2D eigenvalue weighted by molar-refractivity contribution is 4.96. The van der Waals surface area contributed by atoms with E-state index in [4.69, 9.17) is 5.73 Å². The van der Waals surface area contributed by atoms with E-state index in [1.165, 1.54) is 51.6 Å². The molecule has 3 aliphatic rings. The van der Waals surface area contributed by atoms with Gasteiger partial charge in [-0.3, -0.25) is 4.90 Å². The fourth-order valence-corrected chi connectivity index (χ4v) is 3.60. The number of hydrogen-bond donors (Lipinski definition) is 1. The molecule has 2 N–H and O–H groups in total. The van der Waals surface area contributed by atoms with Gasteiger partial charge in [0.05, 0.1) is 0 Å². The van der Waals surface area contributed by atoms with Gasteiger partial charge in [0.15, 0.2) is 0 Å². The first kappa shape index (κ1) is 9.17. The molecule has 0 spiro atoms. The minimum Gasteiger partial charge on any atom is -0.327 e. The molecular weight excluding hydrogens is 172 g/mol. The van der Waals surface area contributed by atoms with Crippen molar-refractivity contribution in [2.45, 2.75) is 50.6 Å². The fourth-order valence-electron chi connectivity index (χ4n) is 3.60. The third kappa shape index (κ3) is 1.40. The molecule has 0 aromatic heterocycles. The predicted molar refractivity (Wildman–Crippen MR) is 58.0 cm³/mol. The second-order valence-corrected chi connectivity index (χ2v) is 5.56. The Morgan fingerprint density at radius 2 is 1.71 bits per heavy atom. The molecule has 0 aromatic rings. The zero-order chi connectivity index (χ0) is 9.54. The Bertz CT molecular complexity index is 212. The molecule has 2 nitrogen and oxygen atoms in total. The fraction of sp³-hybridized carbons (Fsp3) is 1.00. The van der Waals surface area contributed by atoms with Crippen molar-refractivity contribution in [1.29, 1.82) is 0 Å². The molecule has 2 heteroatoms. The largest absolute Gasteiger partial charge is 0.327 e. The molecule has 1 heterocycles. The van der Waals surface area contributed by atoms with Crippen LogP contribution in [0, 0.1) is 11.8 Å². The van der Waals surface area contributed by atoms with Crippen molar-refractivity contribution in [2.24, 2.45) is 17.6 Å². The van der Waals surface area contributed by atoms with Crippen LogP contribution in [0.5, 0.6) is 0 Å². The minimum atomic E-state index is 0.513. The molecule has 0 radical (unpaired) electrons. The van der Waals surface area contributed by atoms with E-state index < -0.39 is 0 Å². The lowest BCUT2D eigenvalue weighted by Crippen LogP contribution is -2.40. The quantitative estimate of drug-likeness (QED) is 0.687. The number of likely N-dealkylation sites (tertiary alicyclic amines) is 1. The molecule has 80 valence electrons. The van der Waals surface area contributed by atoms with Crippen molar-refractivity contribution in [1.82, 2.24) is 4.90 Å². The maximum atomic E-state index is 6.22. The Balaban J connectivity index is 1.65. The van der Waals surface area contributed by atoms with E-state index in [1.807, 2.05) is 0 Å². The molecule has 0 amide bonds. The molecule has 2 aliphatic carbocycles. The van der Waals surface area contributed by atoms with Crippen molar-refractivity contribution in [3.05, 3.63) is 0 Å². The van der Waals surface area contributed by atoms with E-state index in [0.29, 0.717) is 6.04 Å². The molecule has 0 bridgehead atoms. The van der Waals surface area contributed by atoms with Gasteiger partial charge in [-0.15, -0.1) is 0 Å². The maximum Gasteiger partial charge on any atom is 0.00955 e. The molecule has 1 saturated heterocycles. The normalized spacial score (nSPS) is 44.8. The molecule has 14 heavy (non-hydrogen) atoms. The Labute approximate surface area is 86.8 Å². The lowest BCUT2D eigenvalue weighted by Gasteiger charge is -2.35. The Morgan fingerprint density at radius 1 is 0.929 bits per heavy atom. The molecule has 3 fully saturated rings. The lowest BCUT2D eigenvalue weighted by molar-refractivity contribution is 0.150. The maximum absolute atomic E-state index is 6.22. The van der Waals surface area contributed by atoms with E-state index in [-0.39, 0.29) is 0 Å². The SMILES string of the molecule is NC1CCCC2CN(C3CCC3)CC12. The molecule has 3 unspecified atom stereocenters. The van der Waals surface area contributed by atoms with Gasteiger partial charge in [-0.2, -0.15) is 0 Å². The third-order valence-corrected chi connectivity index (χ3v) is 4.77. The number of hydrogen-bond acceptors (Lipinski definition) is 2. The molecule has 2 saturated carbocycles. The zero-order valence-corrected chi connectivity index (χ0v) is 8.99. The Morgan fingerprint density at radius 3 is 2.36 bits per heavy atom. The first-order chi connectivity index (χ1) is 6.84. The van der Waals surface area contributed by atoms with Crippen LogP contribution in [0.25, 0.3) is 0 Å². The van der Waals surface area contributed by atoms with Gasteiger partial charge in [-0.1, -0.05) is 12.8 Å². The summed E-state index contributed by atoms with van der Waals surface area (Å²) < 4.78 is 0.